The number of carbonyl (C=O) groups is 1. The number of nitrogens with zero attached hydrogens (tertiary/aromatic N) is 3. The number of rotatable bonds is 3. The molecule has 0 unspecified atom stereocenters. The van der Waals surface area contributed by atoms with Gasteiger partial charge in [0.05, 0.1) is 21.3 Å². The first-order chi connectivity index (χ1) is 12.5. The second kappa shape index (κ2) is 7.02. The lowest BCUT2D eigenvalue weighted by atomic mass is 10.1. The lowest BCUT2D eigenvalue weighted by molar-refractivity contribution is 0.0921. The molecule has 0 radical (unpaired) electrons. The number of amides is 1. The normalized spacial score (nSPS) is 16.3. The topological polar surface area (TPSA) is 50.2 Å². The first kappa shape index (κ1) is 17.5. The minimum atomic E-state index is 0.00543. The highest BCUT2D eigenvalue weighted by molar-refractivity contribution is 7.20. The van der Waals surface area contributed by atoms with Crippen LogP contribution in [-0.4, -0.2) is 46.8 Å². The quantitative estimate of drug-likeness (QED) is 0.740. The molecule has 7 heteroatoms. The van der Waals surface area contributed by atoms with Gasteiger partial charge in [-0.1, -0.05) is 23.7 Å². The van der Waals surface area contributed by atoms with Crippen LogP contribution in [0.5, 0.6) is 0 Å². The van der Waals surface area contributed by atoms with Crippen molar-refractivity contribution in [1.82, 2.24) is 20.0 Å². The Kier molecular flexibility index (Phi) is 4.73. The Morgan fingerprint density at radius 1 is 1.31 bits per heavy atom. The molecule has 1 amide bonds. The van der Waals surface area contributed by atoms with Crippen molar-refractivity contribution in [3.05, 3.63) is 45.9 Å². The minimum Gasteiger partial charge on any atom is -0.349 e. The van der Waals surface area contributed by atoms with E-state index in [-0.39, 0.29) is 11.9 Å². The maximum Gasteiger partial charge on any atom is 0.261 e. The van der Waals surface area contributed by atoms with Gasteiger partial charge < -0.3 is 10.2 Å². The molecule has 2 aromatic heterocycles. The Balaban J connectivity index is 1.63. The summed E-state index contributed by atoms with van der Waals surface area (Å²) in [6.07, 6.45) is 2.00. The van der Waals surface area contributed by atoms with Gasteiger partial charge in [0.1, 0.15) is 4.83 Å². The number of likely N-dealkylation sites (tertiary alicyclic amines) is 1. The van der Waals surface area contributed by atoms with Crippen LogP contribution in [0.25, 0.3) is 15.9 Å². The Labute approximate surface area is 161 Å². The Bertz CT molecular complexity index is 956. The molecule has 4 rings (SSSR count). The molecular formula is C19H21ClN4OS. The predicted molar refractivity (Wildman–Crippen MR) is 107 cm³/mol. The number of hydrogen-bond donors (Lipinski definition) is 1. The third kappa shape index (κ3) is 3.24. The van der Waals surface area contributed by atoms with Gasteiger partial charge in [-0.05, 0) is 58.1 Å². The van der Waals surface area contributed by atoms with Crippen LogP contribution in [0.4, 0.5) is 0 Å². The zero-order valence-corrected chi connectivity index (χ0v) is 16.4. The number of aryl methyl sites for hydroxylation is 1. The van der Waals surface area contributed by atoms with Crippen molar-refractivity contribution in [3.8, 4) is 5.69 Å². The monoisotopic (exact) mass is 388 g/mol. The summed E-state index contributed by atoms with van der Waals surface area (Å²) in [5.41, 5.74) is 1.73. The van der Waals surface area contributed by atoms with Crippen molar-refractivity contribution in [2.24, 2.45) is 0 Å². The molecule has 1 saturated heterocycles. The number of aromatic nitrogens is 2. The molecule has 1 aliphatic rings. The molecular weight excluding hydrogens is 368 g/mol. The van der Waals surface area contributed by atoms with Crippen LogP contribution < -0.4 is 5.32 Å². The molecule has 5 nitrogen and oxygen atoms in total. The Hall–Kier alpha value is -1.89. The fourth-order valence-corrected chi connectivity index (χ4v) is 4.65. The lowest BCUT2D eigenvalue weighted by Crippen LogP contribution is -2.43. The largest absolute Gasteiger partial charge is 0.349 e. The Morgan fingerprint density at radius 2 is 2.04 bits per heavy atom. The number of para-hydroxylation sites is 1. The first-order valence-corrected chi connectivity index (χ1v) is 9.96. The molecule has 1 aliphatic heterocycles. The summed E-state index contributed by atoms with van der Waals surface area (Å²) >= 11 is 7.80. The lowest BCUT2D eigenvalue weighted by Gasteiger charge is -2.29. The zero-order valence-electron chi connectivity index (χ0n) is 14.8. The van der Waals surface area contributed by atoms with Crippen molar-refractivity contribution < 1.29 is 4.79 Å². The third-order valence-electron chi connectivity index (χ3n) is 4.90. The average Bonchev–Trinajstić information content (AvgIpc) is 3.19. The van der Waals surface area contributed by atoms with E-state index in [1.165, 1.54) is 11.3 Å². The van der Waals surface area contributed by atoms with E-state index in [2.05, 4.69) is 22.4 Å². The first-order valence-electron chi connectivity index (χ1n) is 8.76. The standard InChI is InChI=1S/C19H21ClN4OS/c1-12-14-11-17(18(25)21-13-7-9-23(2)10-8-13)26-19(14)24(22-12)16-6-4-3-5-15(16)20/h3-6,11,13H,7-10H2,1-2H3,(H,21,25). The highest BCUT2D eigenvalue weighted by Gasteiger charge is 2.22. The van der Waals surface area contributed by atoms with E-state index in [1.54, 1.807) is 0 Å². The summed E-state index contributed by atoms with van der Waals surface area (Å²) < 4.78 is 1.84. The molecule has 0 spiro atoms. The third-order valence-corrected chi connectivity index (χ3v) is 6.33. The number of fused-ring (bicyclic) bond motifs is 1. The van der Waals surface area contributed by atoms with Crippen molar-refractivity contribution in [2.75, 3.05) is 20.1 Å². The number of nitrogens with one attached hydrogen (secondary N) is 1. The van der Waals surface area contributed by atoms with Crippen LogP contribution in [0.15, 0.2) is 30.3 Å². The van der Waals surface area contributed by atoms with Gasteiger partial charge in [0.2, 0.25) is 0 Å². The summed E-state index contributed by atoms with van der Waals surface area (Å²) in [7, 11) is 2.12. The molecule has 0 bridgehead atoms. The van der Waals surface area contributed by atoms with Crippen LogP contribution in [0.1, 0.15) is 28.2 Å². The van der Waals surface area contributed by atoms with Crippen molar-refractivity contribution >= 4 is 39.1 Å². The Morgan fingerprint density at radius 3 is 2.77 bits per heavy atom. The summed E-state index contributed by atoms with van der Waals surface area (Å²) in [5, 5.41) is 9.44. The number of hydrogen-bond acceptors (Lipinski definition) is 4. The highest BCUT2D eigenvalue weighted by atomic mass is 35.5. The van der Waals surface area contributed by atoms with Crippen LogP contribution in [0, 0.1) is 6.92 Å². The smallest absolute Gasteiger partial charge is 0.261 e. The molecule has 0 saturated carbocycles. The van der Waals surface area contributed by atoms with Gasteiger partial charge in [-0.3, -0.25) is 4.79 Å². The van der Waals surface area contributed by atoms with Crippen LogP contribution in [0.3, 0.4) is 0 Å². The van der Waals surface area contributed by atoms with Gasteiger partial charge in [-0.15, -0.1) is 11.3 Å². The predicted octanol–water partition coefficient (Wildman–Crippen LogP) is 3.87. The highest BCUT2D eigenvalue weighted by Crippen LogP contribution is 2.32. The maximum atomic E-state index is 12.7. The van der Waals surface area contributed by atoms with Gasteiger partial charge in [0.25, 0.3) is 5.91 Å². The van der Waals surface area contributed by atoms with E-state index in [0.29, 0.717) is 5.02 Å². The van der Waals surface area contributed by atoms with Crippen molar-refractivity contribution in [2.45, 2.75) is 25.8 Å². The fraction of sp³-hybridized carbons (Fsp3) is 0.368. The average molecular weight is 389 g/mol. The van der Waals surface area contributed by atoms with E-state index in [4.69, 9.17) is 11.6 Å². The van der Waals surface area contributed by atoms with E-state index >= 15 is 0 Å². The van der Waals surface area contributed by atoms with Gasteiger partial charge in [-0.25, -0.2) is 4.68 Å². The molecule has 0 atom stereocenters. The molecule has 0 aliphatic carbocycles. The van der Waals surface area contributed by atoms with Crippen molar-refractivity contribution in [1.29, 1.82) is 0 Å². The van der Waals surface area contributed by atoms with E-state index in [1.807, 2.05) is 41.9 Å². The fourth-order valence-electron chi connectivity index (χ4n) is 3.36. The van der Waals surface area contributed by atoms with Crippen LogP contribution in [-0.2, 0) is 0 Å². The number of benzene rings is 1. The van der Waals surface area contributed by atoms with E-state index in [0.717, 1.165) is 52.4 Å². The molecule has 3 heterocycles. The van der Waals surface area contributed by atoms with Gasteiger partial charge in [0, 0.05) is 11.4 Å². The van der Waals surface area contributed by atoms with Crippen molar-refractivity contribution in [3.63, 3.8) is 0 Å². The number of halogens is 1. The minimum absolute atomic E-state index is 0.00543. The zero-order chi connectivity index (χ0) is 18.3. The van der Waals surface area contributed by atoms with Crippen LogP contribution >= 0.6 is 22.9 Å². The van der Waals surface area contributed by atoms with Gasteiger partial charge >= 0.3 is 0 Å². The molecule has 136 valence electrons. The maximum absolute atomic E-state index is 12.7. The second-order valence-corrected chi connectivity index (χ2v) is 8.27. The summed E-state index contributed by atoms with van der Waals surface area (Å²) in [4.78, 5) is 16.7. The summed E-state index contributed by atoms with van der Waals surface area (Å²) in [6.45, 7) is 4.01. The molecule has 1 N–H and O–H groups in total. The van der Waals surface area contributed by atoms with E-state index < -0.39 is 0 Å². The molecule has 1 aromatic carbocycles. The molecule has 1 fully saturated rings. The number of carbonyl (C=O) groups excluding carboxylic acids is 1. The molecule has 3 aromatic rings. The second-order valence-electron chi connectivity index (χ2n) is 6.83. The molecule has 26 heavy (non-hydrogen) atoms. The van der Waals surface area contributed by atoms with Gasteiger partial charge in [0.15, 0.2) is 0 Å². The number of piperidine rings is 1. The van der Waals surface area contributed by atoms with Crippen LogP contribution in [0.2, 0.25) is 5.02 Å². The number of thiophene rings is 1. The summed E-state index contributed by atoms with van der Waals surface area (Å²) in [6, 6.07) is 9.82. The van der Waals surface area contributed by atoms with E-state index in [9.17, 15) is 4.79 Å². The SMILES string of the molecule is Cc1nn(-c2ccccc2Cl)c2sc(C(=O)NC3CCN(C)CC3)cc12. The van der Waals surface area contributed by atoms with Gasteiger partial charge in [-0.2, -0.15) is 5.10 Å². The summed E-state index contributed by atoms with van der Waals surface area (Å²) in [5.74, 6) is 0.00543.